The van der Waals surface area contributed by atoms with Gasteiger partial charge >= 0.3 is 5.97 Å². The Balaban J connectivity index is 2.59. The van der Waals surface area contributed by atoms with Gasteiger partial charge in [-0.1, -0.05) is 28.1 Å². The van der Waals surface area contributed by atoms with Crippen molar-refractivity contribution in [2.45, 2.75) is 12.3 Å². The van der Waals surface area contributed by atoms with Crippen molar-refractivity contribution >= 4 is 21.9 Å². The molecule has 5 heteroatoms. The van der Waals surface area contributed by atoms with Gasteiger partial charge in [-0.15, -0.1) is 0 Å². The third kappa shape index (κ3) is 4.85. The van der Waals surface area contributed by atoms with Gasteiger partial charge in [0.15, 0.2) is 0 Å². The predicted octanol–water partition coefficient (Wildman–Crippen LogP) is 2.02. The number of rotatable bonds is 7. The maximum absolute atomic E-state index is 11.1. The summed E-state index contributed by atoms with van der Waals surface area (Å²) in [6.07, 6.45) is 0.400. The molecule has 0 spiro atoms. The van der Waals surface area contributed by atoms with Crippen molar-refractivity contribution < 1.29 is 19.7 Å². The van der Waals surface area contributed by atoms with Gasteiger partial charge in [0.25, 0.3) is 0 Å². The zero-order chi connectivity index (χ0) is 12.7. The number of hydrogen-bond donors (Lipinski definition) is 2. The Kier molecular flexibility index (Phi) is 6.18. The summed E-state index contributed by atoms with van der Waals surface area (Å²) in [6.45, 7) is 0.524. The first-order chi connectivity index (χ1) is 8.15. The fraction of sp³-hybridized carbons (Fsp3) is 0.417. The molecule has 2 N–H and O–H groups in total. The minimum Gasteiger partial charge on any atom is -0.481 e. The zero-order valence-electron chi connectivity index (χ0n) is 9.30. The fourth-order valence-corrected chi connectivity index (χ4v) is 1.76. The monoisotopic (exact) mass is 302 g/mol. The van der Waals surface area contributed by atoms with Gasteiger partial charge in [0.2, 0.25) is 0 Å². The minimum absolute atomic E-state index is 0.0456. The quantitative estimate of drug-likeness (QED) is 0.756. The van der Waals surface area contributed by atoms with Gasteiger partial charge in [-0.25, -0.2) is 0 Å². The summed E-state index contributed by atoms with van der Waals surface area (Å²) in [7, 11) is 0. The Morgan fingerprint density at radius 3 is 2.47 bits per heavy atom. The highest BCUT2D eigenvalue weighted by Gasteiger charge is 2.19. The summed E-state index contributed by atoms with van der Waals surface area (Å²) in [4.78, 5) is 11.1. The van der Waals surface area contributed by atoms with Gasteiger partial charge < -0.3 is 14.9 Å². The maximum Gasteiger partial charge on any atom is 0.311 e. The predicted molar refractivity (Wildman–Crippen MR) is 67.0 cm³/mol. The van der Waals surface area contributed by atoms with Crippen LogP contribution >= 0.6 is 15.9 Å². The van der Waals surface area contributed by atoms with Gasteiger partial charge in [-0.2, -0.15) is 0 Å². The molecule has 17 heavy (non-hydrogen) atoms. The van der Waals surface area contributed by atoms with Crippen molar-refractivity contribution in [2.75, 3.05) is 19.8 Å². The molecule has 1 atom stereocenters. The molecular weight excluding hydrogens is 288 g/mol. The van der Waals surface area contributed by atoms with E-state index in [0.717, 1.165) is 10.0 Å². The van der Waals surface area contributed by atoms with E-state index in [1.807, 2.05) is 12.1 Å². The van der Waals surface area contributed by atoms with Crippen LogP contribution in [0.1, 0.15) is 17.9 Å². The normalized spacial score (nSPS) is 12.4. The highest BCUT2D eigenvalue weighted by molar-refractivity contribution is 9.10. The third-order valence-corrected chi connectivity index (χ3v) is 2.89. The van der Waals surface area contributed by atoms with Gasteiger partial charge in [-0.05, 0) is 24.1 Å². The summed E-state index contributed by atoms with van der Waals surface area (Å²) in [5.74, 6) is -1.43. The minimum atomic E-state index is -0.861. The topological polar surface area (TPSA) is 66.8 Å². The highest BCUT2D eigenvalue weighted by Crippen LogP contribution is 2.22. The summed E-state index contributed by atoms with van der Waals surface area (Å²) in [5, 5.41) is 17.7. The van der Waals surface area contributed by atoms with Crippen LogP contribution in [0.3, 0.4) is 0 Å². The smallest absolute Gasteiger partial charge is 0.311 e. The summed E-state index contributed by atoms with van der Waals surface area (Å²) in [6, 6.07) is 7.21. The molecule has 4 nitrogen and oxygen atoms in total. The van der Waals surface area contributed by atoms with Crippen molar-refractivity contribution in [3.05, 3.63) is 34.3 Å². The Hall–Kier alpha value is -0.910. The molecule has 94 valence electrons. The van der Waals surface area contributed by atoms with E-state index in [-0.39, 0.29) is 13.2 Å². The number of carboxylic acid groups (broad SMARTS) is 1. The van der Waals surface area contributed by atoms with Crippen LogP contribution in [0.25, 0.3) is 0 Å². The zero-order valence-corrected chi connectivity index (χ0v) is 10.9. The number of hydrogen-bond acceptors (Lipinski definition) is 3. The molecule has 1 unspecified atom stereocenters. The molecule has 0 fully saturated rings. The molecule has 1 rings (SSSR count). The SMILES string of the molecule is O=C(O)C(CCOCCO)c1ccc(Br)cc1. The molecular formula is C12H15BrO4. The molecule has 0 aliphatic carbocycles. The second-order valence-electron chi connectivity index (χ2n) is 3.57. The number of benzene rings is 1. The third-order valence-electron chi connectivity index (χ3n) is 2.36. The first-order valence-electron chi connectivity index (χ1n) is 5.32. The number of ether oxygens (including phenoxy) is 1. The van der Waals surface area contributed by atoms with E-state index in [1.165, 1.54) is 0 Å². The maximum atomic E-state index is 11.1. The molecule has 0 heterocycles. The molecule has 0 amide bonds. The van der Waals surface area contributed by atoms with Crippen LogP contribution in [0.15, 0.2) is 28.7 Å². The summed E-state index contributed by atoms with van der Waals surface area (Å²) in [5.41, 5.74) is 0.758. The lowest BCUT2D eigenvalue weighted by molar-refractivity contribution is -0.139. The van der Waals surface area contributed by atoms with Crippen LogP contribution in [0.5, 0.6) is 0 Å². The largest absolute Gasteiger partial charge is 0.481 e. The lowest BCUT2D eigenvalue weighted by Gasteiger charge is -2.12. The Bertz CT molecular complexity index is 350. The van der Waals surface area contributed by atoms with Crippen molar-refractivity contribution in [3.8, 4) is 0 Å². The van der Waals surface area contributed by atoms with Crippen LogP contribution in [-0.2, 0) is 9.53 Å². The molecule has 0 saturated heterocycles. The van der Waals surface area contributed by atoms with E-state index < -0.39 is 11.9 Å². The van der Waals surface area contributed by atoms with E-state index in [1.54, 1.807) is 12.1 Å². The second kappa shape index (κ2) is 7.42. The Morgan fingerprint density at radius 2 is 1.94 bits per heavy atom. The molecule has 1 aromatic rings. The average molecular weight is 303 g/mol. The summed E-state index contributed by atoms with van der Waals surface area (Å²) >= 11 is 3.30. The van der Waals surface area contributed by atoms with E-state index in [2.05, 4.69) is 15.9 Å². The van der Waals surface area contributed by atoms with Crippen LogP contribution < -0.4 is 0 Å². The second-order valence-corrected chi connectivity index (χ2v) is 4.48. The highest BCUT2D eigenvalue weighted by atomic mass is 79.9. The van der Waals surface area contributed by atoms with E-state index in [4.69, 9.17) is 14.9 Å². The van der Waals surface area contributed by atoms with Gasteiger partial charge in [0.1, 0.15) is 0 Å². The fourth-order valence-electron chi connectivity index (χ4n) is 1.50. The Morgan fingerprint density at radius 1 is 1.29 bits per heavy atom. The van der Waals surface area contributed by atoms with Gasteiger partial charge in [0, 0.05) is 11.1 Å². The van der Waals surface area contributed by atoms with Crippen molar-refractivity contribution in [1.29, 1.82) is 0 Å². The van der Waals surface area contributed by atoms with Crippen molar-refractivity contribution in [2.24, 2.45) is 0 Å². The van der Waals surface area contributed by atoms with Crippen molar-refractivity contribution in [1.82, 2.24) is 0 Å². The lowest BCUT2D eigenvalue weighted by atomic mass is 9.96. The first-order valence-corrected chi connectivity index (χ1v) is 6.11. The molecule has 0 aliphatic heterocycles. The number of carbonyl (C=O) groups is 1. The number of aliphatic hydroxyl groups is 1. The molecule has 0 saturated carbocycles. The first kappa shape index (κ1) is 14.2. The molecule has 0 radical (unpaired) electrons. The molecule has 1 aromatic carbocycles. The molecule has 0 aromatic heterocycles. The molecule has 0 aliphatic rings. The van der Waals surface area contributed by atoms with Crippen LogP contribution in [0.4, 0.5) is 0 Å². The molecule has 0 bridgehead atoms. The number of halogens is 1. The standard InChI is InChI=1S/C12H15BrO4/c13-10-3-1-9(2-4-10)11(12(15)16)5-7-17-8-6-14/h1-4,11,14H,5-8H2,(H,15,16). The van der Waals surface area contributed by atoms with Crippen LogP contribution in [0, 0.1) is 0 Å². The summed E-state index contributed by atoms with van der Waals surface area (Å²) < 4.78 is 6.00. The van der Waals surface area contributed by atoms with Crippen LogP contribution in [0.2, 0.25) is 0 Å². The van der Waals surface area contributed by atoms with Crippen LogP contribution in [-0.4, -0.2) is 36.0 Å². The Labute approximate surface area is 108 Å². The van der Waals surface area contributed by atoms with E-state index >= 15 is 0 Å². The van der Waals surface area contributed by atoms with Gasteiger partial charge in [0.05, 0.1) is 19.1 Å². The van der Waals surface area contributed by atoms with E-state index in [9.17, 15) is 4.79 Å². The number of aliphatic carboxylic acids is 1. The van der Waals surface area contributed by atoms with E-state index in [0.29, 0.717) is 13.0 Å². The number of carboxylic acids is 1. The van der Waals surface area contributed by atoms with Crippen molar-refractivity contribution in [3.63, 3.8) is 0 Å². The lowest BCUT2D eigenvalue weighted by Crippen LogP contribution is -2.14. The average Bonchev–Trinajstić information content (AvgIpc) is 2.30. The number of aliphatic hydroxyl groups excluding tert-OH is 1. The van der Waals surface area contributed by atoms with Gasteiger partial charge in [-0.3, -0.25) is 4.79 Å².